The van der Waals surface area contributed by atoms with Crippen molar-refractivity contribution in [2.24, 2.45) is 0 Å². The number of anilines is 1. The number of aryl methyl sites for hydroxylation is 1. The Morgan fingerprint density at radius 1 is 0.962 bits per heavy atom. The fraction of sp³-hybridized carbons (Fsp3) is 0.333. The Balaban J connectivity index is 1.81. The van der Waals surface area contributed by atoms with Gasteiger partial charge in [-0.15, -0.1) is 0 Å². The van der Waals surface area contributed by atoms with E-state index in [4.69, 9.17) is 0 Å². The molecular formula is C21H28N3O2+. The lowest BCUT2D eigenvalue weighted by atomic mass is 10.1. The summed E-state index contributed by atoms with van der Waals surface area (Å²) >= 11 is 0. The van der Waals surface area contributed by atoms with Crippen LogP contribution in [0.15, 0.2) is 54.6 Å². The van der Waals surface area contributed by atoms with E-state index in [1.807, 2.05) is 68.6 Å². The van der Waals surface area contributed by atoms with E-state index < -0.39 is 0 Å². The molecule has 2 rings (SSSR count). The first kappa shape index (κ1) is 19.7. The molecule has 0 aliphatic rings. The minimum atomic E-state index is -0.0905. The number of carbonyl (C=O) groups is 2. The van der Waals surface area contributed by atoms with Crippen LogP contribution in [0.4, 0.5) is 5.69 Å². The molecule has 3 N–H and O–H groups in total. The maximum absolute atomic E-state index is 12.3. The maximum atomic E-state index is 12.3. The van der Waals surface area contributed by atoms with E-state index in [9.17, 15) is 9.59 Å². The molecular weight excluding hydrogens is 326 g/mol. The molecule has 0 saturated carbocycles. The summed E-state index contributed by atoms with van der Waals surface area (Å²) < 4.78 is 0. The van der Waals surface area contributed by atoms with Crippen LogP contribution >= 0.6 is 0 Å². The number of para-hydroxylation sites is 1. The Kier molecular flexibility index (Phi) is 7.36. The number of likely N-dealkylation sites (N-methyl/N-ethyl adjacent to an activating group) is 1. The van der Waals surface area contributed by atoms with Crippen molar-refractivity contribution in [2.75, 3.05) is 25.5 Å². The van der Waals surface area contributed by atoms with E-state index in [0.717, 1.165) is 28.1 Å². The largest absolute Gasteiger partial charge is 0.345 e. The molecule has 2 aromatic carbocycles. The van der Waals surface area contributed by atoms with Crippen LogP contribution in [0.3, 0.4) is 0 Å². The van der Waals surface area contributed by atoms with E-state index >= 15 is 0 Å². The summed E-state index contributed by atoms with van der Waals surface area (Å²) in [5.74, 6) is -0.159. The zero-order chi connectivity index (χ0) is 18.9. The molecule has 2 amide bonds. The van der Waals surface area contributed by atoms with Gasteiger partial charge in [0.2, 0.25) is 0 Å². The molecule has 0 fully saturated rings. The number of quaternary nitrogens is 1. The fourth-order valence-corrected chi connectivity index (χ4v) is 2.87. The van der Waals surface area contributed by atoms with Crippen molar-refractivity contribution in [1.29, 1.82) is 0 Å². The van der Waals surface area contributed by atoms with Gasteiger partial charge in [0.1, 0.15) is 0 Å². The smallest absolute Gasteiger partial charge is 0.279 e. The van der Waals surface area contributed by atoms with Crippen LogP contribution in [-0.4, -0.2) is 32.0 Å². The van der Waals surface area contributed by atoms with Gasteiger partial charge in [0.15, 0.2) is 13.1 Å². The van der Waals surface area contributed by atoms with Gasteiger partial charge in [0, 0.05) is 5.69 Å². The van der Waals surface area contributed by atoms with E-state index in [1.54, 1.807) is 0 Å². The van der Waals surface area contributed by atoms with Crippen molar-refractivity contribution in [2.45, 2.75) is 26.3 Å². The highest BCUT2D eigenvalue weighted by molar-refractivity contribution is 5.92. The van der Waals surface area contributed by atoms with Gasteiger partial charge in [-0.1, -0.05) is 55.5 Å². The molecule has 0 aromatic heterocycles. The van der Waals surface area contributed by atoms with Crippen molar-refractivity contribution >= 4 is 17.5 Å². The lowest BCUT2D eigenvalue weighted by molar-refractivity contribution is -0.862. The van der Waals surface area contributed by atoms with Crippen LogP contribution in [-0.2, 0) is 16.0 Å². The molecule has 2 atom stereocenters. The monoisotopic (exact) mass is 354 g/mol. The molecule has 0 aliphatic carbocycles. The topological polar surface area (TPSA) is 62.6 Å². The Bertz CT molecular complexity index is 731. The SMILES string of the molecule is CCc1ccccc1NC(=O)C[NH+](C)CC(=O)N[C@H](C)c1ccccc1. The lowest BCUT2D eigenvalue weighted by Crippen LogP contribution is -3.11. The Labute approximate surface area is 155 Å². The number of nitrogens with one attached hydrogen (secondary N) is 3. The second-order valence-electron chi connectivity index (χ2n) is 6.57. The second kappa shape index (κ2) is 9.73. The van der Waals surface area contributed by atoms with Gasteiger partial charge in [0.05, 0.1) is 13.1 Å². The number of amides is 2. The highest BCUT2D eigenvalue weighted by Gasteiger charge is 2.17. The third-order valence-electron chi connectivity index (χ3n) is 4.27. The van der Waals surface area contributed by atoms with Gasteiger partial charge in [-0.3, -0.25) is 9.59 Å². The third kappa shape index (κ3) is 6.01. The summed E-state index contributed by atoms with van der Waals surface area (Å²) in [6, 6.07) is 17.5. The van der Waals surface area contributed by atoms with Crippen molar-refractivity contribution < 1.29 is 14.5 Å². The number of benzene rings is 2. The predicted molar refractivity (Wildman–Crippen MR) is 104 cm³/mol. The predicted octanol–water partition coefficient (Wildman–Crippen LogP) is 1.58. The van der Waals surface area contributed by atoms with E-state index in [2.05, 4.69) is 17.6 Å². The molecule has 26 heavy (non-hydrogen) atoms. The number of hydrogen-bond donors (Lipinski definition) is 3. The molecule has 0 saturated heterocycles. The summed E-state index contributed by atoms with van der Waals surface area (Å²) in [5.41, 5.74) is 3.01. The average Bonchev–Trinajstić information content (AvgIpc) is 2.62. The number of hydrogen-bond acceptors (Lipinski definition) is 2. The summed E-state index contributed by atoms with van der Waals surface area (Å²) in [6.07, 6.45) is 0.860. The fourth-order valence-electron chi connectivity index (χ4n) is 2.87. The Morgan fingerprint density at radius 2 is 1.58 bits per heavy atom. The zero-order valence-electron chi connectivity index (χ0n) is 15.7. The molecule has 1 unspecified atom stereocenters. The Hall–Kier alpha value is -2.66. The summed E-state index contributed by atoms with van der Waals surface area (Å²) in [6.45, 7) is 4.50. The minimum Gasteiger partial charge on any atom is -0.345 e. The first-order chi connectivity index (χ1) is 12.5. The minimum absolute atomic E-state index is 0.0539. The molecule has 0 heterocycles. The van der Waals surface area contributed by atoms with Crippen molar-refractivity contribution in [3.05, 3.63) is 65.7 Å². The van der Waals surface area contributed by atoms with Crippen LogP contribution in [0, 0.1) is 0 Å². The molecule has 0 radical (unpaired) electrons. The molecule has 0 aliphatic heterocycles. The van der Waals surface area contributed by atoms with Crippen molar-refractivity contribution in [1.82, 2.24) is 5.32 Å². The van der Waals surface area contributed by atoms with E-state index in [1.165, 1.54) is 0 Å². The van der Waals surface area contributed by atoms with E-state index in [-0.39, 0.29) is 30.9 Å². The lowest BCUT2D eigenvalue weighted by Gasteiger charge is -2.17. The second-order valence-corrected chi connectivity index (χ2v) is 6.57. The quantitative estimate of drug-likeness (QED) is 0.674. The van der Waals surface area contributed by atoms with Crippen LogP contribution in [0.1, 0.15) is 31.0 Å². The first-order valence-electron chi connectivity index (χ1n) is 9.03. The maximum Gasteiger partial charge on any atom is 0.279 e. The zero-order valence-corrected chi connectivity index (χ0v) is 15.7. The van der Waals surface area contributed by atoms with Gasteiger partial charge in [-0.2, -0.15) is 0 Å². The summed E-state index contributed by atoms with van der Waals surface area (Å²) in [4.78, 5) is 25.3. The molecule has 5 heteroatoms. The van der Waals surface area contributed by atoms with Crippen LogP contribution in [0.25, 0.3) is 0 Å². The number of rotatable bonds is 8. The molecule has 0 bridgehead atoms. The molecule has 138 valence electrons. The van der Waals surface area contributed by atoms with Gasteiger partial charge in [-0.05, 0) is 30.5 Å². The molecule has 0 spiro atoms. The van der Waals surface area contributed by atoms with Crippen LogP contribution in [0.2, 0.25) is 0 Å². The average molecular weight is 354 g/mol. The third-order valence-corrected chi connectivity index (χ3v) is 4.27. The van der Waals surface area contributed by atoms with Crippen molar-refractivity contribution in [3.8, 4) is 0 Å². The Morgan fingerprint density at radius 3 is 2.27 bits per heavy atom. The number of carbonyl (C=O) groups excluding carboxylic acids is 2. The van der Waals surface area contributed by atoms with Gasteiger partial charge in [-0.25, -0.2) is 0 Å². The standard InChI is InChI=1S/C21H27N3O2/c1-4-17-10-8-9-13-19(17)23-21(26)15-24(3)14-20(25)22-16(2)18-11-6-5-7-12-18/h5-13,16H,4,14-15H2,1-3H3,(H,22,25)(H,23,26)/p+1/t16-/m1/s1. The summed E-state index contributed by atoms with van der Waals surface area (Å²) in [5, 5.41) is 5.92. The van der Waals surface area contributed by atoms with Crippen LogP contribution < -0.4 is 15.5 Å². The summed E-state index contributed by atoms with van der Waals surface area (Å²) in [7, 11) is 1.85. The van der Waals surface area contributed by atoms with E-state index in [0.29, 0.717) is 0 Å². The van der Waals surface area contributed by atoms with Gasteiger partial charge >= 0.3 is 0 Å². The normalized spacial score (nSPS) is 12.9. The molecule has 5 nitrogen and oxygen atoms in total. The highest BCUT2D eigenvalue weighted by atomic mass is 16.2. The highest BCUT2D eigenvalue weighted by Crippen LogP contribution is 2.14. The van der Waals surface area contributed by atoms with Gasteiger partial charge < -0.3 is 15.5 Å². The van der Waals surface area contributed by atoms with Crippen molar-refractivity contribution in [3.63, 3.8) is 0 Å². The molecule has 2 aromatic rings. The van der Waals surface area contributed by atoms with Gasteiger partial charge in [0.25, 0.3) is 11.8 Å². The van der Waals surface area contributed by atoms with Crippen LogP contribution in [0.5, 0.6) is 0 Å². The first-order valence-corrected chi connectivity index (χ1v) is 9.03.